The normalized spacial score (nSPS) is 28.4. The molecule has 2 unspecified atom stereocenters. The van der Waals surface area contributed by atoms with Gasteiger partial charge in [0.05, 0.1) is 29.5 Å². The summed E-state index contributed by atoms with van der Waals surface area (Å²) in [6.45, 7) is 0.971. The van der Waals surface area contributed by atoms with Crippen LogP contribution in [0.15, 0.2) is 58.8 Å². The average molecular weight is 492 g/mol. The molecule has 1 saturated carbocycles. The van der Waals surface area contributed by atoms with Gasteiger partial charge in [0.1, 0.15) is 12.4 Å². The number of rotatable bonds is 5. The highest BCUT2D eigenvalue weighted by Gasteiger charge is 2.37. The van der Waals surface area contributed by atoms with Crippen molar-refractivity contribution in [2.24, 2.45) is 22.6 Å². The van der Waals surface area contributed by atoms with Crippen LogP contribution in [0.25, 0.3) is 0 Å². The van der Waals surface area contributed by atoms with Gasteiger partial charge in [-0.3, -0.25) is 14.8 Å². The van der Waals surface area contributed by atoms with Crippen molar-refractivity contribution in [3.8, 4) is 0 Å². The maximum atomic E-state index is 14.6. The summed E-state index contributed by atoms with van der Waals surface area (Å²) < 4.78 is 53.0. The molecule has 188 valence electrons. The lowest BCUT2D eigenvalue weighted by Gasteiger charge is -2.33. The molecule has 0 radical (unpaired) electrons. The molecule has 2 aliphatic carbocycles. The predicted octanol–water partition coefficient (Wildman–Crippen LogP) is 4.49. The van der Waals surface area contributed by atoms with Gasteiger partial charge in [-0.25, -0.2) is 4.39 Å². The zero-order valence-electron chi connectivity index (χ0n) is 19.6. The zero-order chi connectivity index (χ0) is 25.3. The molecular formula is C25H29F4N5O. The maximum Gasteiger partial charge on any atom is 0.405 e. The number of nitrogens with one attached hydrogen (secondary N) is 1. The van der Waals surface area contributed by atoms with Crippen molar-refractivity contribution in [3.63, 3.8) is 0 Å². The van der Waals surface area contributed by atoms with E-state index in [1.54, 1.807) is 12.4 Å². The molecule has 1 aliphatic heterocycles. The largest absolute Gasteiger partial charge is 0.405 e. The van der Waals surface area contributed by atoms with Crippen LogP contribution in [-0.2, 0) is 4.79 Å². The van der Waals surface area contributed by atoms with E-state index in [9.17, 15) is 22.4 Å². The van der Waals surface area contributed by atoms with Gasteiger partial charge in [-0.2, -0.15) is 13.2 Å². The number of pyridine rings is 1. The number of nitrogens with zero attached hydrogens (tertiary/aromatic N) is 3. The Kier molecular flexibility index (Phi) is 7.12. The van der Waals surface area contributed by atoms with Gasteiger partial charge in [0.2, 0.25) is 0 Å². The van der Waals surface area contributed by atoms with Gasteiger partial charge in [-0.05, 0) is 61.0 Å². The highest BCUT2D eigenvalue weighted by atomic mass is 19.4. The first-order valence-electron chi connectivity index (χ1n) is 11.6. The molecule has 0 spiro atoms. The fraction of sp³-hybridized carbons (Fsp3) is 0.480. The van der Waals surface area contributed by atoms with E-state index in [0.29, 0.717) is 11.6 Å². The Labute approximate surface area is 201 Å². The third-order valence-electron chi connectivity index (χ3n) is 6.76. The highest BCUT2D eigenvalue weighted by molar-refractivity contribution is 6.06. The van der Waals surface area contributed by atoms with Gasteiger partial charge in [-0.1, -0.05) is 6.92 Å². The van der Waals surface area contributed by atoms with Crippen LogP contribution < -0.4 is 11.1 Å². The standard InChI is InChI=1S/C25H29F4N5O/c1-14-7-15(9-16(30)8-14)18-5-6-31-12-22(18)33-24(35)19-3-4-21(26)20-10-17(11-32-23(19)20)34(2)13-25(27,28)29/h3-6,10-12,14-16,20,23H,7-9,13,30H2,1-2H3,(H,33,35)/t14-,15+,16-,20?,23?/m0/s1. The Morgan fingerprint density at radius 1 is 1.26 bits per heavy atom. The van der Waals surface area contributed by atoms with E-state index < -0.39 is 36.4 Å². The van der Waals surface area contributed by atoms with Crippen molar-refractivity contribution >= 4 is 17.8 Å². The number of aromatic nitrogens is 1. The number of fused-ring (bicyclic) bond motifs is 1. The topological polar surface area (TPSA) is 83.6 Å². The molecule has 0 aromatic carbocycles. The van der Waals surface area contributed by atoms with Crippen molar-refractivity contribution < 1.29 is 22.4 Å². The molecule has 0 saturated heterocycles. The summed E-state index contributed by atoms with van der Waals surface area (Å²) in [6, 6.07) is 1.10. The quantitative estimate of drug-likeness (QED) is 0.595. The summed E-state index contributed by atoms with van der Waals surface area (Å²) in [5, 5.41) is 2.90. The summed E-state index contributed by atoms with van der Waals surface area (Å²) in [6.07, 6.45) is 6.76. The number of carbonyl (C=O) groups excluding carboxylic acids is 1. The van der Waals surface area contributed by atoms with E-state index in [-0.39, 0.29) is 23.2 Å². The highest BCUT2D eigenvalue weighted by Crippen LogP contribution is 2.39. The maximum absolute atomic E-state index is 14.6. The van der Waals surface area contributed by atoms with Gasteiger partial charge in [0, 0.05) is 31.1 Å². The smallest absolute Gasteiger partial charge is 0.365 e. The molecule has 0 bridgehead atoms. The minimum atomic E-state index is -4.41. The molecule has 6 nitrogen and oxygen atoms in total. The lowest BCUT2D eigenvalue weighted by Crippen LogP contribution is -2.36. The number of hydrogen-bond donors (Lipinski definition) is 2. The van der Waals surface area contributed by atoms with Gasteiger partial charge in [0.25, 0.3) is 5.91 Å². The molecular weight excluding hydrogens is 462 g/mol. The van der Waals surface area contributed by atoms with Crippen molar-refractivity contribution in [2.45, 2.75) is 50.4 Å². The van der Waals surface area contributed by atoms with Gasteiger partial charge in [0.15, 0.2) is 0 Å². The lowest BCUT2D eigenvalue weighted by atomic mass is 9.76. The van der Waals surface area contributed by atoms with Crippen LogP contribution >= 0.6 is 0 Å². The van der Waals surface area contributed by atoms with Crippen molar-refractivity contribution in [1.82, 2.24) is 9.88 Å². The average Bonchev–Trinajstić information content (AvgIpc) is 2.77. The zero-order valence-corrected chi connectivity index (χ0v) is 19.6. The minimum absolute atomic E-state index is 0.0865. The van der Waals surface area contributed by atoms with Crippen molar-refractivity contribution in [1.29, 1.82) is 0 Å². The molecule has 2 heterocycles. The monoisotopic (exact) mass is 491 g/mol. The summed E-state index contributed by atoms with van der Waals surface area (Å²) in [5.41, 5.74) is 8.12. The third-order valence-corrected chi connectivity index (χ3v) is 6.76. The number of amides is 1. The number of carbonyl (C=O) groups is 1. The molecule has 35 heavy (non-hydrogen) atoms. The number of allylic oxidation sites excluding steroid dienone is 3. The number of nitrogens with two attached hydrogens (primary N) is 1. The van der Waals surface area contributed by atoms with Gasteiger partial charge >= 0.3 is 6.18 Å². The van der Waals surface area contributed by atoms with E-state index in [1.807, 2.05) is 6.07 Å². The second-order valence-electron chi connectivity index (χ2n) is 9.67. The van der Waals surface area contributed by atoms with Crippen LogP contribution in [0.3, 0.4) is 0 Å². The Morgan fingerprint density at radius 3 is 2.74 bits per heavy atom. The number of alkyl halides is 3. The van der Waals surface area contributed by atoms with Crippen molar-refractivity contribution in [2.75, 3.05) is 18.9 Å². The third kappa shape index (κ3) is 5.80. The summed E-state index contributed by atoms with van der Waals surface area (Å²) in [7, 11) is 1.27. The molecule has 1 amide bonds. The Hall–Kier alpha value is -3.01. The van der Waals surface area contributed by atoms with E-state index in [2.05, 4.69) is 22.2 Å². The molecule has 5 atom stereocenters. The molecule has 4 rings (SSSR count). The Balaban J connectivity index is 1.53. The van der Waals surface area contributed by atoms with Crippen LogP contribution in [-0.4, -0.2) is 53.9 Å². The first-order chi connectivity index (χ1) is 16.5. The van der Waals surface area contributed by atoms with Crippen LogP contribution in [0.2, 0.25) is 0 Å². The second-order valence-corrected chi connectivity index (χ2v) is 9.67. The number of anilines is 1. The first kappa shape index (κ1) is 25.1. The van der Waals surface area contributed by atoms with E-state index >= 15 is 0 Å². The van der Waals surface area contributed by atoms with Crippen LogP contribution in [0.1, 0.15) is 37.7 Å². The SMILES string of the molecule is C[C@@H]1C[C@H](N)C[C@H](c2ccncc2NC(=O)C2=CC=C(F)C3C=C(N(C)CC(F)(F)F)C=NC23)C1. The van der Waals surface area contributed by atoms with E-state index in [1.165, 1.54) is 31.5 Å². The van der Waals surface area contributed by atoms with Crippen LogP contribution in [0, 0.1) is 11.8 Å². The molecule has 10 heteroatoms. The fourth-order valence-electron chi connectivity index (χ4n) is 5.22. The van der Waals surface area contributed by atoms with E-state index in [0.717, 1.165) is 29.7 Å². The number of hydrogen-bond acceptors (Lipinski definition) is 5. The number of dihydropyridines is 1. The molecule has 3 N–H and O–H groups in total. The summed E-state index contributed by atoms with van der Waals surface area (Å²) >= 11 is 0. The Morgan fingerprint density at radius 2 is 2.03 bits per heavy atom. The van der Waals surface area contributed by atoms with Gasteiger partial charge < -0.3 is 16.0 Å². The fourth-order valence-corrected chi connectivity index (χ4v) is 5.22. The van der Waals surface area contributed by atoms with Crippen LogP contribution in [0.5, 0.6) is 0 Å². The van der Waals surface area contributed by atoms with Crippen LogP contribution in [0.4, 0.5) is 23.2 Å². The molecule has 1 aromatic heterocycles. The Bertz CT molecular complexity index is 1080. The predicted molar refractivity (Wildman–Crippen MR) is 126 cm³/mol. The summed E-state index contributed by atoms with van der Waals surface area (Å²) in [5.74, 6) is -1.33. The van der Waals surface area contributed by atoms with E-state index in [4.69, 9.17) is 5.73 Å². The molecule has 1 aromatic rings. The first-order valence-corrected chi connectivity index (χ1v) is 11.6. The lowest BCUT2D eigenvalue weighted by molar-refractivity contribution is -0.138. The molecule has 3 aliphatic rings. The second kappa shape index (κ2) is 9.93. The number of aliphatic imine (C=N–C) groups is 1. The van der Waals surface area contributed by atoms with Gasteiger partial charge in [-0.15, -0.1) is 0 Å². The molecule has 1 fully saturated rings. The van der Waals surface area contributed by atoms with Crippen molar-refractivity contribution in [3.05, 3.63) is 59.3 Å². The number of halogens is 4. The summed E-state index contributed by atoms with van der Waals surface area (Å²) in [4.78, 5) is 22.6. The minimum Gasteiger partial charge on any atom is -0.365 e.